The van der Waals surface area contributed by atoms with Gasteiger partial charge in [-0.05, 0) is 78.9 Å². The molecule has 0 saturated heterocycles. The summed E-state index contributed by atoms with van der Waals surface area (Å²) in [6, 6.07) is 18.5. The quantitative estimate of drug-likeness (QED) is 0.296. The fraction of sp³-hybridized carbons (Fsp3) is 0.240. The van der Waals surface area contributed by atoms with Crippen LogP contribution in [0.15, 0.2) is 77.7 Å². The summed E-state index contributed by atoms with van der Waals surface area (Å²) in [5.41, 5.74) is 1.56. The van der Waals surface area contributed by atoms with Crippen LogP contribution in [-0.4, -0.2) is 22.8 Å². The van der Waals surface area contributed by atoms with E-state index in [-0.39, 0.29) is 30.9 Å². The van der Waals surface area contributed by atoms with Gasteiger partial charge in [-0.2, -0.15) is 13.2 Å². The highest BCUT2D eigenvalue weighted by molar-refractivity contribution is 7.97. The van der Waals surface area contributed by atoms with Crippen LogP contribution in [0.2, 0.25) is 0 Å². The molecule has 8 heteroatoms. The third kappa shape index (κ3) is 7.33. The van der Waals surface area contributed by atoms with Crippen LogP contribution in [0.5, 0.6) is 0 Å². The Bertz CT molecular complexity index is 1080. The van der Waals surface area contributed by atoms with Crippen LogP contribution in [0.4, 0.5) is 17.6 Å². The van der Waals surface area contributed by atoms with Crippen molar-refractivity contribution in [2.45, 2.75) is 37.5 Å². The van der Waals surface area contributed by atoms with Gasteiger partial charge in [0.25, 0.3) is 0 Å². The number of nitrogens with zero attached hydrogens (tertiary/aromatic N) is 1. The van der Waals surface area contributed by atoms with E-state index in [2.05, 4.69) is 5.32 Å². The molecule has 0 spiro atoms. The second-order valence-electron chi connectivity index (χ2n) is 7.77. The molecule has 1 N–H and O–H groups in total. The molecule has 1 amide bonds. The molecule has 3 rings (SSSR count). The van der Waals surface area contributed by atoms with Gasteiger partial charge in [-0.1, -0.05) is 36.4 Å². The molecule has 0 aliphatic carbocycles. The van der Waals surface area contributed by atoms with Crippen molar-refractivity contribution in [3.05, 3.63) is 89.7 Å². The van der Waals surface area contributed by atoms with Crippen molar-refractivity contribution in [2.24, 2.45) is 0 Å². The number of rotatable bonds is 8. The summed E-state index contributed by atoms with van der Waals surface area (Å²) in [4.78, 5) is 13.2. The van der Waals surface area contributed by atoms with Crippen molar-refractivity contribution in [3.8, 4) is 11.1 Å². The van der Waals surface area contributed by atoms with Crippen LogP contribution in [0, 0.1) is 5.82 Å². The minimum absolute atomic E-state index is 0.0482. The SMILES string of the molecule is CC(C)N(CC(=O)NCc1cccc(-c2ccc(C(F)(F)F)cc2)c1)Sc1cccc(F)c1. The predicted molar refractivity (Wildman–Crippen MR) is 123 cm³/mol. The molecule has 0 aliphatic rings. The third-order valence-electron chi connectivity index (χ3n) is 4.86. The van der Waals surface area contributed by atoms with Gasteiger partial charge >= 0.3 is 6.18 Å². The first-order chi connectivity index (χ1) is 15.6. The lowest BCUT2D eigenvalue weighted by Gasteiger charge is -2.24. The number of hydrogen-bond acceptors (Lipinski definition) is 3. The number of hydrogen-bond donors (Lipinski definition) is 1. The van der Waals surface area contributed by atoms with Gasteiger partial charge in [-0.15, -0.1) is 0 Å². The molecule has 0 unspecified atom stereocenters. The number of carbonyl (C=O) groups excluding carboxylic acids is 1. The average molecular weight is 477 g/mol. The van der Waals surface area contributed by atoms with Crippen molar-refractivity contribution in [1.29, 1.82) is 0 Å². The number of alkyl halides is 3. The zero-order valence-electron chi connectivity index (χ0n) is 18.2. The molecule has 33 heavy (non-hydrogen) atoms. The molecule has 0 radical (unpaired) electrons. The first-order valence-electron chi connectivity index (χ1n) is 10.4. The van der Waals surface area contributed by atoms with Gasteiger partial charge in [-0.25, -0.2) is 8.70 Å². The lowest BCUT2D eigenvalue weighted by molar-refractivity contribution is -0.137. The monoisotopic (exact) mass is 476 g/mol. The van der Waals surface area contributed by atoms with E-state index < -0.39 is 11.7 Å². The zero-order chi connectivity index (χ0) is 24.0. The van der Waals surface area contributed by atoms with E-state index in [1.165, 1.54) is 36.2 Å². The number of benzene rings is 3. The summed E-state index contributed by atoms with van der Waals surface area (Å²) < 4.78 is 53.7. The van der Waals surface area contributed by atoms with Crippen molar-refractivity contribution in [1.82, 2.24) is 9.62 Å². The maximum Gasteiger partial charge on any atom is 0.416 e. The lowest BCUT2D eigenvalue weighted by atomic mass is 10.0. The van der Waals surface area contributed by atoms with Gasteiger partial charge in [0, 0.05) is 17.5 Å². The molecule has 3 aromatic carbocycles. The van der Waals surface area contributed by atoms with Crippen LogP contribution in [-0.2, 0) is 17.5 Å². The van der Waals surface area contributed by atoms with Crippen molar-refractivity contribution < 1.29 is 22.4 Å². The summed E-state index contributed by atoms with van der Waals surface area (Å²) in [7, 11) is 0. The van der Waals surface area contributed by atoms with E-state index >= 15 is 0 Å². The van der Waals surface area contributed by atoms with Gasteiger partial charge in [-0.3, -0.25) is 4.79 Å². The second kappa shape index (κ2) is 10.9. The summed E-state index contributed by atoms with van der Waals surface area (Å²) in [5.74, 6) is -0.520. The van der Waals surface area contributed by atoms with Crippen LogP contribution in [0.25, 0.3) is 11.1 Å². The number of nitrogens with one attached hydrogen (secondary N) is 1. The van der Waals surface area contributed by atoms with Gasteiger partial charge in [0.15, 0.2) is 0 Å². The predicted octanol–water partition coefficient (Wildman–Crippen LogP) is 6.55. The highest BCUT2D eigenvalue weighted by Crippen LogP contribution is 2.31. The smallest absolute Gasteiger partial charge is 0.351 e. The first-order valence-corrected chi connectivity index (χ1v) is 11.1. The summed E-state index contributed by atoms with van der Waals surface area (Å²) in [6.45, 7) is 4.31. The number of carbonyl (C=O) groups is 1. The molecule has 3 aromatic rings. The molecular formula is C25H24F4N2OS. The Morgan fingerprint density at radius 3 is 2.30 bits per heavy atom. The summed E-state index contributed by atoms with van der Waals surface area (Å²) in [5, 5.41) is 2.87. The van der Waals surface area contributed by atoms with E-state index in [0.29, 0.717) is 10.5 Å². The molecule has 0 atom stereocenters. The Hall–Kier alpha value is -2.84. The summed E-state index contributed by atoms with van der Waals surface area (Å²) >= 11 is 1.32. The van der Waals surface area contributed by atoms with Gasteiger partial charge in [0.2, 0.25) is 5.91 Å². The van der Waals surface area contributed by atoms with E-state index in [9.17, 15) is 22.4 Å². The van der Waals surface area contributed by atoms with Gasteiger partial charge in [0.1, 0.15) is 5.82 Å². The Balaban J connectivity index is 1.60. The Labute approximate surface area is 194 Å². The molecule has 0 heterocycles. The summed E-state index contributed by atoms with van der Waals surface area (Å²) in [6.07, 6.45) is -4.37. The minimum atomic E-state index is -4.37. The van der Waals surface area contributed by atoms with Crippen LogP contribution in [0.1, 0.15) is 25.0 Å². The molecule has 0 fully saturated rings. The fourth-order valence-corrected chi connectivity index (χ4v) is 4.06. The first kappa shape index (κ1) is 24.8. The average Bonchev–Trinajstić information content (AvgIpc) is 2.77. The number of halogens is 4. The highest BCUT2D eigenvalue weighted by Gasteiger charge is 2.30. The fourth-order valence-electron chi connectivity index (χ4n) is 3.09. The molecule has 174 valence electrons. The highest BCUT2D eigenvalue weighted by atomic mass is 32.2. The van der Waals surface area contributed by atoms with Crippen LogP contribution >= 0.6 is 11.9 Å². The molecule has 3 nitrogen and oxygen atoms in total. The Kier molecular flexibility index (Phi) is 8.15. The topological polar surface area (TPSA) is 32.3 Å². The largest absolute Gasteiger partial charge is 0.416 e. The standard InChI is InChI=1S/C25H24F4N2OS/c1-17(2)31(33-23-8-4-7-22(26)14-23)16-24(32)30-15-18-5-3-6-20(13-18)19-9-11-21(12-10-19)25(27,28)29/h3-14,17H,15-16H2,1-2H3,(H,30,32). The Morgan fingerprint density at radius 1 is 0.970 bits per heavy atom. The maximum absolute atomic E-state index is 13.5. The van der Waals surface area contributed by atoms with Gasteiger partial charge in [0.05, 0.1) is 12.1 Å². The van der Waals surface area contributed by atoms with Crippen molar-refractivity contribution in [3.63, 3.8) is 0 Å². The van der Waals surface area contributed by atoms with Crippen molar-refractivity contribution >= 4 is 17.9 Å². The second-order valence-corrected chi connectivity index (χ2v) is 8.89. The van der Waals surface area contributed by atoms with Crippen molar-refractivity contribution in [2.75, 3.05) is 6.54 Å². The maximum atomic E-state index is 13.5. The van der Waals surface area contributed by atoms with Gasteiger partial charge < -0.3 is 5.32 Å². The van der Waals surface area contributed by atoms with E-state index in [1.54, 1.807) is 18.2 Å². The molecule has 0 aliphatic heterocycles. The molecule has 0 aromatic heterocycles. The van der Waals surface area contributed by atoms with E-state index in [0.717, 1.165) is 23.3 Å². The molecule has 0 saturated carbocycles. The number of amides is 1. The molecular weight excluding hydrogens is 452 g/mol. The zero-order valence-corrected chi connectivity index (χ0v) is 19.0. The molecule has 0 bridgehead atoms. The van der Waals surface area contributed by atoms with Crippen LogP contribution in [0.3, 0.4) is 0 Å². The minimum Gasteiger partial charge on any atom is -0.351 e. The van der Waals surface area contributed by atoms with E-state index in [4.69, 9.17) is 0 Å². The normalized spacial score (nSPS) is 11.8. The Morgan fingerprint density at radius 2 is 1.67 bits per heavy atom. The third-order valence-corrected chi connectivity index (χ3v) is 6.11. The van der Waals surface area contributed by atoms with Crippen LogP contribution < -0.4 is 5.32 Å². The lowest BCUT2D eigenvalue weighted by Crippen LogP contribution is -2.36. The van der Waals surface area contributed by atoms with E-state index in [1.807, 2.05) is 36.4 Å².